The highest BCUT2D eigenvalue weighted by Gasteiger charge is 2.20. The van der Waals surface area contributed by atoms with Crippen molar-refractivity contribution in [3.63, 3.8) is 0 Å². The second-order valence-corrected chi connectivity index (χ2v) is 6.11. The van der Waals surface area contributed by atoms with Crippen LogP contribution in [-0.2, 0) is 0 Å². The normalized spacial score (nSPS) is 20.1. The van der Waals surface area contributed by atoms with Gasteiger partial charge >= 0.3 is 0 Å². The second kappa shape index (κ2) is 7.69. The van der Waals surface area contributed by atoms with E-state index in [4.69, 9.17) is 0 Å². The fraction of sp³-hybridized carbons (Fsp3) is 0.667. The molecular weight excluding hydrogens is 230 g/mol. The maximum absolute atomic E-state index is 3.80. The molecule has 0 amide bonds. The van der Waals surface area contributed by atoms with Crippen molar-refractivity contribution < 1.29 is 0 Å². The molecule has 2 rings (SSSR count). The Morgan fingerprint density at radius 3 is 2.42 bits per heavy atom. The predicted molar refractivity (Wildman–Crippen MR) is 83.5 cm³/mol. The average molecular weight is 259 g/mol. The Balaban J connectivity index is 1.82. The molecule has 0 spiro atoms. The van der Waals surface area contributed by atoms with Crippen LogP contribution < -0.4 is 5.32 Å². The summed E-state index contributed by atoms with van der Waals surface area (Å²) in [7, 11) is 0. The van der Waals surface area contributed by atoms with Crippen LogP contribution in [0.2, 0.25) is 0 Å². The maximum Gasteiger partial charge on any atom is 0.00672 e. The topological polar surface area (TPSA) is 12.0 Å². The number of rotatable bonds is 6. The van der Waals surface area contributed by atoms with Gasteiger partial charge in [-0.2, -0.15) is 0 Å². The monoisotopic (exact) mass is 259 g/mol. The lowest BCUT2D eigenvalue weighted by Gasteiger charge is -2.29. The highest BCUT2D eigenvalue weighted by atomic mass is 14.9. The summed E-state index contributed by atoms with van der Waals surface area (Å²) in [6.07, 6.45) is 8.39. The van der Waals surface area contributed by atoms with Crippen molar-refractivity contribution in [1.29, 1.82) is 0 Å². The van der Waals surface area contributed by atoms with Gasteiger partial charge in [0.2, 0.25) is 0 Å². The fourth-order valence-electron chi connectivity index (χ4n) is 3.35. The molecular formula is C18H29N. The summed E-state index contributed by atoms with van der Waals surface area (Å²) in [6, 6.07) is 11.6. The summed E-state index contributed by atoms with van der Waals surface area (Å²) < 4.78 is 0. The van der Waals surface area contributed by atoms with E-state index in [-0.39, 0.29) is 0 Å². The van der Waals surface area contributed by atoms with E-state index >= 15 is 0 Å². The molecule has 1 heteroatoms. The quantitative estimate of drug-likeness (QED) is 0.778. The van der Waals surface area contributed by atoms with Crippen LogP contribution >= 0.6 is 0 Å². The zero-order valence-electron chi connectivity index (χ0n) is 12.6. The van der Waals surface area contributed by atoms with Crippen LogP contribution in [0.15, 0.2) is 30.3 Å². The molecule has 1 aliphatic rings. The maximum atomic E-state index is 3.80. The van der Waals surface area contributed by atoms with Crippen LogP contribution in [0.4, 0.5) is 0 Å². The van der Waals surface area contributed by atoms with Crippen molar-refractivity contribution >= 4 is 0 Å². The zero-order chi connectivity index (χ0) is 13.5. The summed E-state index contributed by atoms with van der Waals surface area (Å²) in [5, 5.41) is 3.80. The van der Waals surface area contributed by atoms with Crippen molar-refractivity contribution in [3.05, 3.63) is 35.9 Å². The molecule has 1 aromatic rings. The summed E-state index contributed by atoms with van der Waals surface area (Å²) >= 11 is 0. The van der Waals surface area contributed by atoms with Gasteiger partial charge in [-0.05, 0) is 43.6 Å². The van der Waals surface area contributed by atoms with Crippen molar-refractivity contribution in [2.75, 3.05) is 6.54 Å². The second-order valence-electron chi connectivity index (χ2n) is 6.11. The molecule has 19 heavy (non-hydrogen) atoms. The lowest BCUT2D eigenvalue weighted by Crippen LogP contribution is -2.37. The fourth-order valence-corrected chi connectivity index (χ4v) is 3.35. The Labute approximate surface area is 118 Å². The first-order chi connectivity index (χ1) is 9.31. The van der Waals surface area contributed by atoms with Crippen LogP contribution in [0.5, 0.6) is 0 Å². The molecule has 0 bridgehead atoms. The van der Waals surface area contributed by atoms with E-state index in [1.807, 2.05) is 0 Å². The molecule has 106 valence electrons. The smallest absolute Gasteiger partial charge is 0.00672 e. The van der Waals surface area contributed by atoms with E-state index in [1.165, 1.54) is 44.1 Å². The Morgan fingerprint density at radius 2 is 1.79 bits per heavy atom. The minimum absolute atomic E-state index is 0.659. The molecule has 0 radical (unpaired) electrons. The third-order valence-corrected chi connectivity index (χ3v) is 4.81. The third kappa shape index (κ3) is 4.35. The minimum atomic E-state index is 0.659. The molecule has 0 aromatic heterocycles. The van der Waals surface area contributed by atoms with Gasteiger partial charge in [0.25, 0.3) is 0 Å². The van der Waals surface area contributed by atoms with Gasteiger partial charge in [0.15, 0.2) is 0 Å². The van der Waals surface area contributed by atoms with Gasteiger partial charge in [-0.1, -0.05) is 56.5 Å². The Hall–Kier alpha value is -0.820. The highest BCUT2D eigenvalue weighted by Crippen LogP contribution is 2.27. The lowest BCUT2D eigenvalue weighted by atomic mass is 9.84. The molecule has 1 fully saturated rings. The van der Waals surface area contributed by atoms with E-state index in [2.05, 4.69) is 49.5 Å². The van der Waals surface area contributed by atoms with Gasteiger partial charge in [-0.15, -0.1) is 0 Å². The van der Waals surface area contributed by atoms with E-state index in [0.29, 0.717) is 12.0 Å². The summed E-state index contributed by atoms with van der Waals surface area (Å²) in [5.74, 6) is 1.56. The molecule has 1 nitrogen and oxygen atoms in total. The molecule has 1 N–H and O–H groups in total. The van der Waals surface area contributed by atoms with E-state index in [1.54, 1.807) is 0 Å². The van der Waals surface area contributed by atoms with Crippen LogP contribution in [0.3, 0.4) is 0 Å². The average Bonchev–Trinajstić information content (AvgIpc) is 2.49. The molecule has 1 saturated carbocycles. The molecule has 1 aliphatic carbocycles. The van der Waals surface area contributed by atoms with Gasteiger partial charge in [0.1, 0.15) is 0 Å². The SMILES string of the molecule is CCC(CN[C@@H](C)C1CCCCC1)c1ccccc1. The first-order valence-corrected chi connectivity index (χ1v) is 8.09. The van der Waals surface area contributed by atoms with Gasteiger partial charge in [0, 0.05) is 12.6 Å². The van der Waals surface area contributed by atoms with Crippen LogP contribution in [0, 0.1) is 5.92 Å². The van der Waals surface area contributed by atoms with Gasteiger partial charge in [-0.3, -0.25) is 0 Å². The van der Waals surface area contributed by atoms with Crippen LogP contribution in [0.25, 0.3) is 0 Å². The van der Waals surface area contributed by atoms with Gasteiger partial charge < -0.3 is 5.32 Å². The van der Waals surface area contributed by atoms with E-state index < -0.39 is 0 Å². The van der Waals surface area contributed by atoms with E-state index in [9.17, 15) is 0 Å². The summed E-state index contributed by atoms with van der Waals surface area (Å²) in [6.45, 7) is 5.80. The number of benzene rings is 1. The first kappa shape index (κ1) is 14.6. The Kier molecular flexibility index (Phi) is 5.91. The third-order valence-electron chi connectivity index (χ3n) is 4.81. The van der Waals surface area contributed by atoms with Crippen molar-refractivity contribution in [1.82, 2.24) is 5.32 Å². The minimum Gasteiger partial charge on any atom is -0.313 e. The molecule has 1 unspecified atom stereocenters. The molecule has 1 aromatic carbocycles. The highest BCUT2D eigenvalue weighted by molar-refractivity contribution is 5.19. The number of hydrogen-bond acceptors (Lipinski definition) is 1. The number of nitrogens with one attached hydrogen (secondary N) is 1. The molecule has 0 heterocycles. The largest absolute Gasteiger partial charge is 0.313 e. The number of hydrogen-bond donors (Lipinski definition) is 1. The zero-order valence-corrected chi connectivity index (χ0v) is 12.6. The van der Waals surface area contributed by atoms with E-state index in [0.717, 1.165) is 12.5 Å². The summed E-state index contributed by atoms with van der Waals surface area (Å²) in [4.78, 5) is 0. The lowest BCUT2D eigenvalue weighted by molar-refractivity contribution is 0.278. The molecule has 2 atom stereocenters. The van der Waals surface area contributed by atoms with Crippen molar-refractivity contribution in [3.8, 4) is 0 Å². The molecule has 0 saturated heterocycles. The first-order valence-electron chi connectivity index (χ1n) is 8.09. The Bertz CT molecular complexity index is 340. The summed E-state index contributed by atoms with van der Waals surface area (Å²) in [5.41, 5.74) is 1.48. The van der Waals surface area contributed by atoms with Crippen molar-refractivity contribution in [2.45, 2.75) is 64.3 Å². The van der Waals surface area contributed by atoms with Crippen molar-refractivity contribution in [2.24, 2.45) is 5.92 Å². The van der Waals surface area contributed by atoms with Gasteiger partial charge in [0.05, 0.1) is 0 Å². The standard InChI is InChI=1S/C18H29N/c1-3-16(18-12-8-5-9-13-18)14-19-15(2)17-10-6-4-7-11-17/h5,8-9,12-13,15-17,19H,3-4,6-7,10-11,14H2,1-2H3/t15-,16?/m0/s1. The Morgan fingerprint density at radius 1 is 1.11 bits per heavy atom. The molecule has 0 aliphatic heterocycles. The predicted octanol–water partition coefficient (Wildman–Crippen LogP) is 4.74. The van der Waals surface area contributed by atoms with Gasteiger partial charge in [-0.25, -0.2) is 0 Å². The van der Waals surface area contributed by atoms with Crippen LogP contribution in [-0.4, -0.2) is 12.6 Å². The van der Waals surface area contributed by atoms with Crippen LogP contribution in [0.1, 0.15) is 63.9 Å².